The molecule has 18 heavy (non-hydrogen) atoms. The number of carbonyl (C=O) groups is 3. The molecule has 1 unspecified atom stereocenters. The molecular formula is C10H12N4O4. The van der Waals surface area contributed by atoms with Gasteiger partial charge in [0.1, 0.15) is 12.3 Å². The second kappa shape index (κ2) is 4.15. The van der Waals surface area contributed by atoms with E-state index >= 15 is 0 Å². The number of urea groups is 1. The van der Waals surface area contributed by atoms with Crippen LogP contribution in [-0.2, 0) is 15.1 Å². The fraction of sp³-hybridized carbons (Fsp3) is 0.300. The zero-order valence-corrected chi connectivity index (χ0v) is 9.60. The highest BCUT2D eigenvalue weighted by Gasteiger charge is 2.51. The fourth-order valence-electron chi connectivity index (χ4n) is 1.76. The summed E-state index contributed by atoms with van der Waals surface area (Å²) in [4.78, 5) is 35.7. The van der Waals surface area contributed by atoms with E-state index in [1.165, 1.54) is 13.2 Å². The minimum Gasteiger partial charge on any atom is -0.466 e. The molecule has 0 radical (unpaired) electrons. The minimum atomic E-state index is -1.30. The summed E-state index contributed by atoms with van der Waals surface area (Å²) in [6.07, 6.45) is 1.40. The molecule has 1 aromatic rings. The van der Waals surface area contributed by atoms with E-state index in [0.29, 0.717) is 5.76 Å². The Morgan fingerprint density at radius 3 is 2.89 bits per heavy atom. The first kappa shape index (κ1) is 12.1. The molecule has 4 amide bonds. The van der Waals surface area contributed by atoms with Crippen molar-refractivity contribution in [1.82, 2.24) is 15.6 Å². The normalized spacial score (nSPS) is 23.1. The van der Waals surface area contributed by atoms with E-state index in [4.69, 9.17) is 10.3 Å². The van der Waals surface area contributed by atoms with Crippen molar-refractivity contribution in [3.8, 4) is 0 Å². The molecule has 0 aliphatic carbocycles. The number of hydrogen-bond donors (Lipinski definition) is 3. The molecular weight excluding hydrogens is 240 g/mol. The van der Waals surface area contributed by atoms with Crippen molar-refractivity contribution in [2.24, 2.45) is 5.84 Å². The van der Waals surface area contributed by atoms with Crippen molar-refractivity contribution >= 4 is 17.8 Å². The third-order valence-corrected chi connectivity index (χ3v) is 2.75. The Morgan fingerprint density at radius 2 is 2.33 bits per heavy atom. The number of nitrogens with zero attached hydrogens (tertiary/aromatic N) is 1. The lowest BCUT2D eigenvalue weighted by Crippen LogP contribution is -2.44. The summed E-state index contributed by atoms with van der Waals surface area (Å²) in [5.74, 6) is 4.02. The van der Waals surface area contributed by atoms with Crippen LogP contribution in [0.1, 0.15) is 12.7 Å². The van der Waals surface area contributed by atoms with Gasteiger partial charge < -0.3 is 9.73 Å². The van der Waals surface area contributed by atoms with Gasteiger partial charge in [-0.3, -0.25) is 19.9 Å². The Morgan fingerprint density at radius 1 is 1.61 bits per heavy atom. The van der Waals surface area contributed by atoms with E-state index in [9.17, 15) is 14.4 Å². The topological polar surface area (TPSA) is 118 Å². The van der Waals surface area contributed by atoms with Gasteiger partial charge in [-0.1, -0.05) is 0 Å². The lowest BCUT2D eigenvalue weighted by Gasteiger charge is -2.18. The monoisotopic (exact) mass is 252 g/mol. The number of nitrogens with two attached hydrogens (primary N) is 1. The van der Waals surface area contributed by atoms with Crippen LogP contribution in [0, 0.1) is 0 Å². The molecule has 8 heteroatoms. The Labute approximate surface area is 102 Å². The summed E-state index contributed by atoms with van der Waals surface area (Å²) >= 11 is 0. The Bertz CT molecular complexity index is 498. The number of hydrazine groups is 1. The van der Waals surface area contributed by atoms with Gasteiger partial charge in [-0.2, -0.15) is 0 Å². The zero-order chi connectivity index (χ0) is 13.3. The lowest BCUT2D eigenvalue weighted by atomic mass is 9.99. The first-order valence-electron chi connectivity index (χ1n) is 5.16. The predicted octanol–water partition coefficient (Wildman–Crippen LogP) is -0.963. The van der Waals surface area contributed by atoms with Crippen molar-refractivity contribution in [2.45, 2.75) is 12.5 Å². The summed E-state index contributed by atoms with van der Waals surface area (Å²) in [5, 5.41) is 2.48. The molecule has 1 aliphatic heterocycles. The Kier molecular flexibility index (Phi) is 2.79. The molecule has 0 aromatic carbocycles. The summed E-state index contributed by atoms with van der Waals surface area (Å²) in [6, 6.07) is 2.52. The number of imide groups is 1. The van der Waals surface area contributed by atoms with Crippen LogP contribution < -0.4 is 16.6 Å². The smallest absolute Gasteiger partial charge is 0.325 e. The van der Waals surface area contributed by atoms with E-state index in [1.54, 1.807) is 12.1 Å². The average molecular weight is 252 g/mol. The molecule has 1 atom stereocenters. The summed E-state index contributed by atoms with van der Waals surface area (Å²) in [5.41, 5.74) is 0.563. The van der Waals surface area contributed by atoms with Crippen LogP contribution in [0.25, 0.3) is 0 Å². The quantitative estimate of drug-likeness (QED) is 0.277. The van der Waals surface area contributed by atoms with E-state index in [0.717, 1.165) is 4.90 Å². The molecule has 0 saturated carbocycles. The average Bonchev–Trinajstić information content (AvgIpc) is 2.93. The van der Waals surface area contributed by atoms with Crippen molar-refractivity contribution in [1.29, 1.82) is 0 Å². The molecule has 1 aromatic heterocycles. The standard InChI is InChI=1S/C10H12N4O4/c1-10(6-3-2-4-18-6)8(16)14(9(17)12-10)5-7(15)13-11/h2-4H,5,11H2,1H3,(H,12,17)(H,13,15). The molecule has 0 bridgehead atoms. The Balaban J connectivity index is 2.26. The van der Waals surface area contributed by atoms with Gasteiger partial charge >= 0.3 is 6.03 Å². The maximum absolute atomic E-state index is 12.1. The SMILES string of the molecule is CC1(c2ccco2)NC(=O)N(CC(=O)NN)C1=O. The second-order valence-electron chi connectivity index (χ2n) is 3.99. The zero-order valence-electron chi connectivity index (χ0n) is 9.60. The van der Waals surface area contributed by atoms with Crippen LogP contribution >= 0.6 is 0 Å². The fourth-order valence-corrected chi connectivity index (χ4v) is 1.76. The van der Waals surface area contributed by atoms with Gasteiger partial charge in [-0.15, -0.1) is 0 Å². The van der Waals surface area contributed by atoms with Crippen molar-refractivity contribution < 1.29 is 18.8 Å². The molecule has 4 N–H and O–H groups in total. The van der Waals surface area contributed by atoms with Crippen LogP contribution in [-0.4, -0.2) is 29.3 Å². The van der Waals surface area contributed by atoms with Crippen LogP contribution in [0.15, 0.2) is 22.8 Å². The summed E-state index contributed by atoms with van der Waals surface area (Å²) in [7, 11) is 0. The lowest BCUT2D eigenvalue weighted by molar-refractivity contribution is -0.135. The van der Waals surface area contributed by atoms with Crippen molar-refractivity contribution in [3.63, 3.8) is 0 Å². The number of furan rings is 1. The van der Waals surface area contributed by atoms with Crippen LogP contribution in [0.5, 0.6) is 0 Å². The molecule has 1 fully saturated rings. The highest BCUT2D eigenvalue weighted by molar-refractivity contribution is 6.08. The van der Waals surface area contributed by atoms with Gasteiger partial charge in [0.15, 0.2) is 5.54 Å². The molecule has 2 heterocycles. The molecule has 2 rings (SSSR count). The van der Waals surface area contributed by atoms with E-state index in [1.807, 2.05) is 5.43 Å². The molecule has 1 saturated heterocycles. The van der Waals surface area contributed by atoms with Crippen LogP contribution in [0.3, 0.4) is 0 Å². The van der Waals surface area contributed by atoms with Gasteiger partial charge in [0.25, 0.3) is 11.8 Å². The van der Waals surface area contributed by atoms with E-state index in [2.05, 4.69) is 5.32 Å². The molecule has 96 valence electrons. The van der Waals surface area contributed by atoms with E-state index < -0.39 is 29.9 Å². The van der Waals surface area contributed by atoms with E-state index in [-0.39, 0.29) is 0 Å². The van der Waals surface area contributed by atoms with Crippen LogP contribution in [0.2, 0.25) is 0 Å². The van der Waals surface area contributed by atoms with Gasteiger partial charge in [-0.05, 0) is 19.1 Å². The van der Waals surface area contributed by atoms with Gasteiger partial charge in [-0.25, -0.2) is 10.6 Å². The molecule has 0 spiro atoms. The maximum Gasteiger partial charge on any atom is 0.325 e. The summed E-state index contributed by atoms with van der Waals surface area (Å²) in [6.45, 7) is 1.07. The minimum absolute atomic E-state index is 0.302. The largest absolute Gasteiger partial charge is 0.466 e. The number of hydrogen-bond acceptors (Lipinski definition) is 5. The van der Waals surface area contributed by atoms with Gasteiger partial charge in [0, 0.05) is 0 Å². The number of nitrogens with one attached hydrogen (secondary N) is 2. The van der Waals surface area contributed by atoms with Crippen molar-refractivity contribution in [3.05, 3.63) is 24.2 Å². The number of carbonyl (C=O) groups excluding carboxylic acids is 3. The van der Waals surface area contributed by atoms with Crippen LogP contribution in [0.4, 0.5) is 4.79 Å². The summed E-state index contributed by atoms with van der Waals surface area (Å²) < 4.78 is 5.13. The predicted molar refractivity (Wildman–Crippen MR) is 58.6 cm³/mol. The first-order valence-corrected chi connectivity index (χ1v) is 5.16. The third kappa shape index (κ3) is 1.72. The Hall–Kier alpha value is -2.35. The molecule has 8 nitrogen and oxygen atoms in total. The first-order chi connectivity index (χ1) is 8.49. The highest BCUT2D eigenvalue weighted by atomic mass is 16.3. The number of amides is 4. The third-order valence-electron chi connectivity index (χ3n) is 2.75. The number of rotatable bonds is 3. The highest BCUT2D eigenvalue weighted by Crippen LogP contribution is 2.28. The van der Waals surface area contributed by atoms with Crippen molar-refractivity contribution in [2.75, 3.05) is 6.54 Å². The molecule has 1 aliphatic rings. The maximum atomic E-state index is 12.1. The van der Waals surface area contributed by atoms with Gasteiger partial charge in [0.05, 0.1) is 6.26 Å². The van der Waals surface area contributed by atoms with Gasteiger partial charge in [0.2, 0.25) is 0 Å². The second-order valence-corrected chi connectivity index (χ2v) is 3.99.